The molecule has 0 aromatic heterocycles. The van der Waals surface area contributed by atoms with Crippen LogP contribution in [0.2, 0.25) is 0 Å². The molecule has 0 N–H and O–H groups in total. The van der Waals surface area contributed by atoms with Gasteiger partial charge in [-0.15, -0.1) is 0 Å². The third kappa shape index (κ3) is 2.33. The predicted octanol–water partition coefficient (Wildman–Crippen LogP) is 4.12. The summed E-state index contributed by atoms with van der Waals surface area (Å²) in [7, 11) is 0. The number of hydrogen-bond acceptors (Lipinski definition) is 0. The van der Waals surface area contributed by atoms with Gasteiger partial charge in [0.25, 0.3) is 0 Å². The second-order valence-corrected chi connectivity index (χ2v) is 11.4. The first kappa shape index (κ1) is 11.7. The topological polar surface area (TPSA) is 0 Å². The Morgan fingerprint density at radius 3 is 0.909 bits per heavy atom. The van der Waals surface area contributed by atoms with Gasteiger partial charge in [-0.25, -0.2) is 0 Å². The molecule has 0 rings (SSSR count). The van der Waals surface area contributed by atoms with Gasteiger partial charge in [0.2, 0.25) is 0 Å². The Kier molecular flexibility index (Phi) is 4.37. The van der Waals surface area contributed by atoms with Gasteiger partial charge in [-0.2, -0.15) is 0 Å². The molecule has 0 bridgehead atoms. The summed E-state index contributed by atoms with van der Waals surface area (Å²) in [5.41, 5.74) is 2.05. The van der Waals surface area contributed by atoms with E-state index in [1.54, 1.807) is 0 Å². The van der Waals surface area contributed by atoms with Gasteiger partial charge in [0.15, 0.2) is 0 Å². The third-order valence-corrected chi connectivity index (χ3v) is 11.9. The predicted molar refractivity (Wildman–Crippen MR) is 59.6 cm³/mol. The Morgan fingerprint density at radius 1 is 0.727 bits per heavy atom. The van der Waals surface area contributed by atoms with Crippen LogP contribution < -0.4 is 0 Å². The van der Waals surface area contributed by atoms with Crippen LogP contribution in [0.5, 0.6) is 0 Å². The van der Waals surface area contributed by atoms with Crippen molar-refractivity contribution in [2.24, 2.45) is 0 Å². The molecule has 0 nitrogen and oxygen atoms in total. The van der Waals surface area contributed by atoms with Crippen molar-refractivity contribution in [1.82, 2.24) is 0 Å². The van der Waals surface area contributed by atoms with Crippen LogP contribution in [-0.2, 0) is 0 Å². The normalized spacial score (nSPS) is 15.1. The molecule has 0 aromatic rings. The van der Waals surface area contributed by atoms with Gasteiger partial charge < -0.3 is 0 Å². The third-order valence-electron chi connectivity index (χ3n) is 2.65. The van der Waals surface area contributed by atoms with Gasteiger partial charge in [0, 0.05) is 0 Å². The summed E-state index contributed by atoms with van der Waals surface area (Å²) in [5, 5.41) is 0. The van der Waals surface area contributed by atoms with Crippen LogP contribution in [0, 0.1) is 0 Å². The second kappa shape index (κ2) is 4.10. The molecular weight excluding hydrogens is 175 g/mol. The maximum absolute atomic E-state index is 6.68. The van der Waals surface area contributed by atoms with E-state index in [9.17, 15) is 0 Å². The summed E-state index contributed by atoms with van der Waals surface area (Å²) in [6.45, 7) is 12.1. The zero-order chi connectivity index (χ0) is 9.23. The zero-order valence-corrected chi connectivity index (χ0v) is 10.4. The van der Waals surface area contributed by atoms with Crippen LogP contribution in [-0.4, -0.2) is 17.0 Å². The second-order valence-electron chi connectivity index (χ2n) is 4.29. The molecule has 0 radical (unpaired) electrons. The van der Waals surface area contributed by atoms with Crippen molar-refractivity contribution in [1.29, 1.82) is 0 Å². The molecule has 11 heavy (non-hydrogen) atoms. The average Bonchev–Trinajstić information content (AvgIpc) is 1.84. The fraction of sp³-hybridized carbons (Fsp3) is 1.00. The average molecular weight is 197 g/mol. The molecule has 0 aliphatic rings. The zero-order valence-electron chi connectivity index (χ0n) is 8.61. The molecule has 70 valence electrons. The molecule has 2 heteroatoms. The molecule has 0 atom stereocenters. The molecule has 0 aliphatic heterocycles. The molecule has 0 aromatic carbocycles. The van der Waals surface area contributed by atoms with Crippen LogP contribution in [0.15, 0.2) is 0 Å². The maximum atomic E-state index is 6.68. The minimum atomic E-state index is -1.51. The summed E-state index contributed by atoms with van der Waals surface area (Å²) in [4.78, 5) is 0. The Bertz CT molecular complexity index is 97.0. The van der Waals surface area contributed by atoms with Crippen molar-refractivity contribution in [2.45, 2.75) is 58.5 Å². The monoisotopic (exact) mass is 196 g/mol. The SMILES string of the molecule is CC(C)[PH](Cl)(C(C)C)C(C)C. The van der Waals surface area contributed by atoms with Crippen molar-refractivity contribution >= 4 is 17.9 Å². The summed E-state index contributed by atoms with van der Waals surface area (Å²) < 4.78 is 0. The van der Waals surface area contributed by atoms with Crippen molar-refractivity contribution in [3.05, 3.63) is 0 Å². The summed E-state index contributed by atoms with van der Waals surface area (Å²) >= 11 is 6.68. The van der Waals surface area contributed by atoms with Gasteiger partial charge in [-0.3, -0.25) is 0 Å². The van der Waals surface area contributed by atoms with Crippen molar-refractivity contribution in [3.8, 4) is 0 Å². The summed E-state index contributed by atoms with van der Waals surface area (Å²) in [6.07, 6.45) is 0. The number of hydrogen-bond donors (Lipinski definition) is 0. The van der Waals surface area contributed by atoms with E-state index < -0.39 is 6.62 Å². The summed E-state index contributed by atoms with van der Waals surface area (Å²) in [5.74, 6) is 0. The van der Waals surface area contributed by atoms with E-state index in [4.69, 9.17) is 11.2 Å². The van der Waals surface area contributed by atoms with Crippen molar-refractivity contribution < 1.29 is 0 Å². The Hall–Kier alpha value is 0.720. The summed E-state index contributed by atoms with van der Waals surface area (Å²) in [6, 6.07) is 0. The fourth-order valence-corrected chi connectivity index (χ4v) is 6.00. The quantitative estimate of drug-likeness (QED) is 0.596. The standard InChI is InChI=1S/C9H22ClP/c1-7(2)11(10,8(3)4)9(5)6/h7-9,11H,1-6H3. The van der Waals surface area contributed by atoms with E-state index in [0.29, 0.717) is 17.0 Å². The van der Waals surface area contributed by atoms with E-state index in [2.05, 4.69) is 41.5 Å². The van der Waals surface area contributed by atoms with E-state index in [-0.39, 0.29) is 0 Å². The molecular formula is C9H22ClP. The van der Waals surface area contributed by atoms with E-state index in [1.807, 2.05) is 0 Å². The van der Waals surface area contributed by atoms with Gasteiger partial charge in [0.05, 0.1) is 0 Å². The van der Waals surface area contributed by atoms with Crippen LogP contribution in [0.25, 0.3) is 0 Å². The molecule has 0 amide bonds. The van der Waals surface area contributed by atoms with Crippen LogP contribution in [0.1, 0.15) is 41.5 Å². The first-order chi connectivity index (χ1) is 4.83. The van der Waals surface area contributed by atoms with Crippen LogP contribution in [0.3, 0.4) is 0 Å². The molecule has 0 spiro atoms. The number of rotatable bonds is 3. The molecule has 0 saturated carbocycles. The first-order valence-electron chi connectivity index (χ1n) is 4.52. The van der Waals surface area contributed by atoms with Gasteiger partial charge in [-0.05, 0) is 0 Å². The van der Waals surface area contributed by atoms with E-state index in [0.717, 1.165) is 0 Å². The molecule has 0 aliphatic carbocycles. The Morgan fingerprint density at radius 2 is 0.909 bits per heavy atom. The van der Waals surface area contributed by atoms with Gasteiger partial charge in [-0.1, -0.05) is 0 Å². The molecule has 0 unspecified atom stereocenters. The van der Waals surface area contributed by atoms with Crippen molar-refractivity contribution in [3.63, 3.8) is 0 Å². The van der Waals surface area contributed by atoms with Gasteiger partial charge in [0.1, 0.15) is 0 Å². The fourth-order valence-electron chi connectivity index (χ4n) is 2.00. The van der Waals surface area contributed by atoms with Crippen LogP contribution >= 0.6 is 17.9 Å². The number of halogens is 1. The van der Waals surface area contributed by atoms with Crippen LogP contribution in [0.4, 0.5) is 0 Å². The molecule has 0 fully saturated rings. The van der Waals surface area contributed by atoms with Gasteiger partial charge >= 0.3 is 76.4 Å². The van der Waals surface area contributed by atoms with E-state index in [1.165, 1.54) is 0 Å². The minimum absolute atomic E-state index is 0.684. The Balaban J connectivity index is 4.53. The molecule has 0 heterocycles. The molecule has 0 saturated heterocycles. The van der Waals surface area contributed by atoms with Crippen molar-refractivity contribution in [2.75, 3.05) is 0 Å². The van der Waals surface area contributed by atoms with E-state index >= 15 is 0 Å². The first-order valence-corrected chi connectivity index (χ1v) is 7.76. The Labute approximate surface area is 76.8 Å².